The van der Waals surface area contributed by atoms with E-state index in [1.54, 1.807) is 24.3 Å². The van der Waals surface area contributed by atoms with Crippen LogP contribution in [0.25, 0.3) is 0 Å². The summed E-state index contributed by atoms with van der Waals surface area (Å²) in [6.45, 7) is 2.08. The maximum absolute atomic E-state index is 11.1. The molecule has 0 saturated carbocycles. The van der Waals surface area contributed by atoms with Crippen LogP contribution in [-0.4, -0.2) is 16.1 Å². The van der Waals surface area contributed by atoms with Crippen molar-refractivity contribution >= 4 is 6.29 Å². The highest BCUT2D eigenvalue weighted by molar-refractivity contribution is 5.48. The van der Waals surface area contributed by atoms with Crippen molar-refractivity contribution in [2.75, 3.05) is 0 Å². The molecular weight excluding hydrogens is 348 g/mol. The predicted octanol–water partition coefficient (Wildman–Crippen LogP) is 5.76. The zero-order valence-electron chi connectivity index (χ0n) is 16.3. The topological polar surface area (TPSA) is 103 Å². The molecule has 0 aliphatic rings. The van der Waals surface area contributed by atoms with E-state index in [1.807, 2.05) is 0 Å². The third-order valence-electron chi connectivity index (χ3n) is 4.13. The van der Waals surface area contributed by atoms with Gasteiger partial charge >= 0.3 is 0 Å². The van der Waals surface area contributed by atoms with Crippen molar-refractivity contribution in [2.24, 2.45) is 0 Å². The van der Waals surface area contributed by atoms with Crippen molar-refractivity contribution < 1.29 is 14.6 Å². The largest absolute Gasteiger partial charge is 0.303 e. The van der Waals surface area contributed by atoms with Gasteiger partial charge in [-0.25, -0.2) is 0 Å². The first-order chi connectivity index (χ1) is 13.0. The fourth-order valence-electron chi connectivity index (χ4n) is 2.53. The molecule has 0 heterocycles. The third-order valence-corrected chi connectivity index (χ3v) is 4.13. The van der Waals surface area contributed by atoms with Gasteiger partial charge in [0.2, 0.25) is 11.4 Å². The Labute approximate surface area is 161 Å². The van der Waals surface area contributed by atoms with Crippen LogP contribution in [-0.2, 0) is 4.79 Å². The molecule has 0 aromatic carbocycles. The van der Waals surface area contributed by atoms with Crippen molar-refractivity contribution in [2.45, 2.75) is 84.0 Å². The Bertz CT molecular complexity index is 538. The summed E-state index contributed by atoms with van der Waals surface area (Å²) in [5, 5.41) is 22.1. The van der Waals surface area contributed by atoms with E-state index in [0.29, 0.717) is 19.3 Å². The van der Waals surface area contributed by atoms with E-state index in [1.165, 1.54) is 0 Å². The number of unbranched alkanes of at least 4 members (excludes halogenated alkanes) is 8. The lowest BCUT2D eigenvalue weighted by atomic mass is 10.1. The molecule has 0 saturated heterocycles. The van der Waals surface area contributed by atoms with Crippen LogP contribution in [0.5, 0.6) is 0 Å². The number of carbonyl (C=O) groups excluding carboxylic acids is 1. The lowest BCUT2D eigenvalue weighted by Gasteiger charge is -1.98. The fraction of sp³-hybridized carbons (Fsp3) is 0.650. The van der Waals surface area contributed by atoms with E-state index in [4.69, 9.17) is 0 Å². The summed E-state index contributed by atoms with van der Waals surface area (Å²) < 4.78 is 0. The summed E-state index contributed by atoms with van der Waals surface area (Å²) in [6, 6.07) is 0. The van der Waals surface area contributed by atoms with Gasteiger partial charge in [-0.3, -0.25) is 20.2 Å². The minimum Gasteiger partial charge on any atom is -0.303 e. The van der Waals surface area contributed by atoms with Crippen LogP contribution < -0.4 is 0 Å². The molecule has 27 heavy (non-hydrogen) atoms. The number of aldehydes is 1. The summed E-state index contributed by atoms with van der Waals surface area (Å²) in [7, 11) is 0. The average molecular weight is 380 g/mol. The maximum Gasteiger partial charge on any atom is 0.246 e. The minimum absolute atomic E-state index is 0.119. The molecule has 0 aliphatic carbocycles. The Morgan fingerprint density at radius 3 is 1.59 bits per heavy atom. The second kappa shape index (κ2) is 17.1. The van der Waals surface area contributed by atoms with Crippen LogP contribution in [0.15, 0.2) is 35.7 Å². The minimum atomic E-state index is -0.397. The van der Waals surface area contributed by atoms with Gasteiger partial charge in [0.1, 0.15) is 6.29 Å². The zero-order chi connectivity index (χ0) is 20.3. The lowest BCUT2D eigenvalue weighted by Crippen LogP contribution is -1.99. The maximum atomic E-state index is 11.1. The first-order valence-corrected chi connectivity index (χ1v) is 9.78. The molecule has 7 heteroatoms. The van der Waals surface area contributed by atoms with E-state index in [-0.39, 0.29) is 29.2 Å². The summed E-state index contributed by atoms with van der Waals surface area (Å²) >= 11 is 0. The molecule has 0 N–H and O–H groups in total. The molecule has 0 aliphatic heterocycles. The van der Waals surface area contributed by atoms with Crippen molar-refractivity contribution in [3.63, 3.8) is 0 Å². The second-order valence-corrected chi connectivity index (χ2v) is 6.44. The molecule has 0 radical (unpaired) electrons. The van der Waals surface area contributed by atoms with Crippen LogP contribution in [0.1, 0.15) is 84.0 Å². The van der Waals surface area contributed by atoms with Gasteiger partial charge in [-0.15, -0.1) is 0 Å². The molecule has 0 atom stereocenters. The van der Waals surface area contributed by atoms with E-state index < -0.39 is 4.92 Å². The van der Waals surface area contributed by atoms with Crippen molar-refractivity contribution in [3.8, 4) is 0 Å². The van der Waals surface area contributed by atoms with Gasteiger partial charge in [0.25, 0.3) is 0 Å². The smallest absolute Gasteiger partial charge is 0.246 e. The standard InChI is InChI=1S/C20H32N2O5/c1-2-3-4-9-14-19(21(24)25)16-11-12-17-20(22(26)27)15-10-7-5-6-8-13-18-23/h11-12,14-15,18H,2-10,13,16-17H2,1H3/b12-11-,19-14+,20-15+. The summed E-state index contributed by atoms with van der Waals surface area (Å²) in [5.74, 6) is 0. The number of allylic oxidation sites excluding steroid dienone is 4. The van der Waals surface area contributed by atoms with Gasteiger partial charge in [-0.2, -0.15) is 0 Å². The van der Waals surface area contributed by atoms with E-state index in [2.05, 4.69) is 6.92 Å². The molecule has 0 amide bonds. The monoisotopic (exact) mass is 380 g/mol. The highest BCUT2D eigenvalue weighted by Gasteiger charge is 2.09. The molecule has 0 unspecified atom stereocenters. The van der Waals surface area contributed by atoms with Crippen LogP contribution in [0.4, 0.5) is 0 Å². The number of hydrogen-bond acceptors (Lipinski definition) is 5. The van der Waals surface area contributed by atoms with Crippen LogP contribution in [0.3, 0.4) is 0 Å². The van der Waals surface area contributed by atoms with Gasteiger partial charge in [-0.1, -0.05) is 44.8 Å². The first kappa shape index (κ1) is 24.7. The normalized spacial score (nSPS) is 12.5. The molecular formula is C20H32N2O5. The average Bonchev–Trinajstić information content (AvgIpc) is 2.63. The lowest BCUT2D eigenvalue weighted by molar-refractivity contribution is -0.427. The summed E-state index contributed by atoms with van der Waals surface area (Å²) in [4.78, 5) is 31.5. The highest BCUT2D eigenvalue weighted by Crippen LogP contribution is 2.12. The van der Waals surface area contributed by atoms with Crippen molar-refractivity contribution in [1.82, 2.24) is 0 Å². The zero-order valence-corrected chi connectivity index (χ0v) is 16.3. The number of nitro groups is 2. The Hall–Kier alpha value is -2.31. The predicted molar refractivity (Wildman–Crippen MR) is 106 cm³/mol. The molecule has 0 aromatic heterocycles. The third kappa shape index (κ3) is 14.5. The van der Waals surface area contributed by atoms with Crippen molar-refractivity contribution in [1.29, 1.82) is 0 Å². The van der Waals surface area contributed by atoms with E-state index >= 15 is 0 Å². The molecule has 0 spiro atoms. The molecule has 0 aromatic rings. The Kier molecular flexibility index (Phi) is 15.7. The van der Waals surface area contributed by atoms with Crippen LogP contribution >= 0.6 is 0 Å². The summed E-state index contributed by atoms with van der Waals surface area (Å²) in [6.07, 6.45) is 16.3. The Morgan fingerprint density at radius 1 is 0.741 bits per heavy atom. The number of carbonyl (C=O) groups is 1. The molecule has 0 bridgehead atoms. The molecule has 0 rings (SSSR count). The van der Waals surface area contributed by atoms with Gasteiger partial charge in [0.05, 0.1) is 22.7 Å². The first-order valence-electron chi connectivity index (χ1n) is 9.78. The number of rotatable bonds is 17. The Morgan fingerprint density at radius 2 is 1.19 bits per heavy atom. The van der Waals surface area contributed by atoms with Crippen molar-refractivity contribution in [3.05, 3.63) is 55.9 Å². The highest BCUT2D eigenvalue weighted by atomic mass is 16.6. The van der Waals surface area contributed by atoms with E-state index in [0.717, 1.165) is 51.2 Å². The Balaban J connectivity index is 4.36. The molecule has 7 nitrogen and oxygen atoms in total. The van der Waals surface area contributed by atoms with Gasteiger partial charge in [-0.05, 0) is 44.3 Å². The summed E-state index contributed by atoms with van der Waals surface area (Å²) in [5.41, 5.74) is 0.262. The SMILES string of the molecule is CCCCC/C=C(\C/C=C\C/C(=C\CCCCCCC=O)[N+](=O)[O-])[N+](=O)[O-]. The quantitative estimate of drug-likeness (QED) is 0.105. The number of hydrogen-bond donors (Lipinski definition) is 0. The number of nitrogens with zero attached hydrogens (tertiary/aromatic N) is 2. The van der Waals surface area contributed by atoms with Gasteiger partial charge in [0, 0.05) is 6.42 Å². The van der Waals surface area contributed by atoms with Gasteiger partial charge < -0.3 is 4.79 Å². The molecule has 0 fully saturated rings. The van der Waals surface area contributed by atoms with Crippen LogP contribution in [0.2, 0.25) is 0 Å². The molecule has 152 valence electrons. The van der Waals surface area contributed by atoms with Gasteiger partial charge in [0.15, 0.2) is 0 Å². The van der Waals surface area contributed by atoms with Crippen LogP contribution in [0, 0.1) is 20.2 Å². The van der Waals surface area contributed by atoms with E-state index in [9.17, 15) is 25.0 Å². The second-order valence-electron chi connectivity index (χ2n) is 6.44. The fourth-order valence-corrected chi connectivity index (χ4v) is 2.53.